The average molecular weight is 217 g/mol. The molecule has 0 radical (unpaired) electrons. The molecule has 1 spiro atoms. The van der Waals surface area contributed by atoms with Crippen LogP contribution in [-0.2, 0) is 10.2 Å². The lowest BCUT2D eigenvalue weighted by atomic mass is 9.97. The molecule has 0 N–H and O–H groups in total. The molecule has 2 heteroatoms. The van der Waals surface area contributed by atoms with Crippen molar-refractivity contribution in [2.75, 3.05) is 11.9 Å². The molecule has 1 aliphatic heterocycles. The van der Waals surface area contributed by atoms with Gasteiger partial charge >= 0.3 is 0 Å². The van der Waals surface area contributed by atoms with Gasteiger partial charge in [-0.05, 0) is 37.0 Å². The predicted octanol–water partition coefficient (Wildman–Crippen LogP) is 3.03. The summed E-state index contributed by atoms with van der Waals surface area (Å²) in [6.45, 7) is 6.07. The van der Waals surface area contributed by atoms with Crippen molar-refractivity contribution >= 4 is 11.6 Å². The fourth-order valence-electron chi connectivity index (χ4n) is 2.48. The second-order valence-corrected chi connectivity index (χ2v) is 4.47. The Morgan fingerprint density at radius 2 is 1.88 bits per heavy atom. The second-order valence-electron chi connectivity index (χ2n) is 4.47. The van der Waals surface area contributed by atoms with Crippen LogP contribution in [-0.4, -0.2) is 13.0 Å². The average Bonchev–Trinajstić information content (AvgIpc) is 3.07. The van der Waals surface area contributed by atoms with E-state index in [2.05, 4.69) is 25.1 Å². The van der Waals surface area contributed by atoms with Gasteiger partial charge in [-0.15, -0.1) is 0 Å². The summed E-state index contributed by atoms with van der Waals surface area (Å²) in [5.41, 5.74) is 3.47. The van der Waals surface area contributed by atoms with Gasteiger partial charge < -0.3 is 4.90 Å². The summed E-state index contributed by atoms with van der Waals surface area (Å²) in [6, 6.07) is 6.34. The standard InChI is InChI=1S/C12H13NO.C2H6/c1-8-3-4-9-10(7-8)13(2)11(14)12(9)5-6-12;1-2/h3-4,7H,5-6H2,1-2H3;1-2H3. The first kappa shape index (κ1) is 11.2. The number of carbonyl (C=O) groups excluding carboxylic acids is 1. The predicted molar refractivity (Wildman–Crippen MR) is 66.8 cm³/mol. The molecule has 2 nitrogen and oxygen atoms in total. The molecule has 0 atom stereocenters. The van der Waals surface area contributed by atoms with Crippen LogP contribution in [0.1, 0.15) is 37.8 Å². The first-order chi connectivity index (χ1) is 7.65. The van der Waals surface area contributed by atoms with Gasteiger partial charge in [0.25, 0.3) is 0 Å². The number of anilines is 1. The van der Waals surface area contributed by atoms with E-state index in [0.717, 1.165) is 18.5 Å². The van der Waals surface area contributed by atoms with E-state index in [1.807, 2.05) is 25.8 Å². The van der Waals surface area contributed by atoms with Crippen molar-refractivity contribution < 1.29 is 4.79 Å². The number of rotatable bonds is 0. The summed E-state index contributed by atoms with van der Waals surface area (Å²) >= 11 is 0. The third kappa shape index (κ3) is 1.29. The zero-order valence-corrected chi connectivity index (χ0v) is 10.5. The minimum atomic E-state index is -0.113. The fourth-order valence-corrected chi connectivity index (χ4v) is 2.48. The van der Waals surface area contributed by atoms with Crippen LogP contribution in [0.15, 0.2) is 18.2 Å². The quantitative estimate of drug-likeness (QED) is 0.654. The molecule has 1 amide bonds. The Morgan fingerprint density at radius 3 is 2.44 bits per heavy atom. The van der Waals surface area contributed by atoms with E-state index in [0.29, 0.717) is 0 Å². The number of fused-ring (bicyclic) bond motifs is 2. The Morgan fingerprint density at radius 1 is 1.25 bits per heavy atom. The van der Waals surface area contributed by atoms with Gasteiger partial charge in [-0.2, -0.15) is 0 Å². The Bertz CT molecular complexity index is 432. The maximum atomic E-state index is 12.0. The molecule has 1 aromatic rings. The van der Waals surface area contributed by atoms with Crippen molar-refractivity contribution in [3.63, 3.8) is 0 Å². The van der Waals surface area contributed by atoms with E-state index in [1.165, 1.54) is 11.1 Å². The van der Waals surface area contributed by atoms with E-state index >= 15 is 0 Å². The molecule has 0 saturated heterocycles. The van der Waals surface area contributed by atoms with Crippen molar-refractivity contribution in [1.29, 1.82) is 0 Å². The minimum Gasteiger partial charge on any atom is -0.314 e. The number of hydrogen-bond donors (Lipinski definition) is 0. The van der Waals surface area contributed by atoms with Crippen LogP contribution in [0.2, 0.25) is 0 Å². The van der Waals surface area contributed by atoms with Crippen molar-refractivity contribution in [2.24, 2.45) is 0 Å². The zero-order valence-electron chi connectivity index (χ0n) is 10.5. The molecular formula is C14H19NO. The molecule has 1 saturated carbocycles. The molecule has 0 unspecified atom stereocenters. The van der Waals surface area contributed by atoms with Gasteiger partial charge in [-0.1, -0.05) is 26.0 Å². The van der Waals surface area contributed by atoms with Crippen molar-refractivity contribution in [3.8, 4) is 0 Å². The number of amides is 1. The smallest absolute Gasteiger partial charge is 0.237 e. The maximum Gasteiger partial charge on any atom is 0.237 e. The van der Waals surface area contributed by atoms with E-state index < -0.39 is 0 Å². The van der Waals surface area contributed by atoms with Gasteiger partial charge in [-0.25, -0.2) is 0 Å². The van der Waals surface area contributed by atoms with Crippen LogP contribution in [0, 0.1) is 6.92 Å². The van der Waals surface area contributed by atoms with E-state index in [4.69, 9.17) is 0 Å². The molecule has 1 fully saturated rings. The maximum absolute atomic E-state index is 12.0. The van der Waals surface area contributed by atoms with Crippen molar-refractivity contribution in [1.82, 2.24) is 0 Å². The van der Waals surface area contributed by atoms with Gasteiger partial charge in [-0.3, -0.25) is 4.79 Å². The van der Waals surface area contributed by atoms with Gasteiger partial charge in [0.15, 0.2) is 0 Å². The zero-order chi connectivity index (χ0) is 11.9. The largest absolute Gasteiger partial charge is 0.314 e. The summed E-state index contributed by atoms with van der Waals surface area (Å²) in [7, 11) is 1.88. The lowest BCUT2D eigenvalue weighted by molar-refractivity contribution is -0.119. The molecule has 1 aromatic carbocycles. The minimum absolute atomic E-state index is 0.113. The molecule has 86 valence electrons. The van der Waals surface area contributed by atoms with Crippen LogP contribution in [0.25, 0.3) is 0 Å². The van der Waals surface area contributed by atoms with Gasteiger partial charge in [0.2, 0.25) is 5.91 Å². The normalized spacial score (nSPS) is 19.2. The van der Waals surface area contributed by atoms with Crippen LogP contribution in [0.4, 0.5) is 5.69 Å². The Labute approximate surface area is 97.3 Å². The lowest BCUT2D eigenvalue weighted by Crippen LogP contribution is -2.27. The molecule has 2 aliphatic rings. The number of benzene rings is 1. The van der Waals surface area contributed by atoms with Crippen molar-refractivity contribution in [2.45, 2.75) is 39.0 Å². The highest BCUT2D eigenvalue weighted by atomic mass is 16.2. The number of hydrogen-bond acceptors (Lipinski definition) is 1. The number of nitrogens with zero attached hydrogens (tertiary/aromatic N) is 1. The van der Waals surface area contributed by atoms with Gasteiger partial charge in [0.1, 0.15) is 0 Å². The number of aryl methyl sites for hydroxylation is 1. The first-order valence-corrected chi connectivity index (χ1v) is 6.04. The number of likely N-dealkylation sites (N-methyl/N-ethyl adjacent to an activating group) is 1. The molecule has 1 heterocycles. The Hall–Kier alpha value is -1.31. The molecule has 3 rings (SSSR count). The highest BCUT2D eigenvalue weighted by Gasteiger charge is 2.58. The van der Waals surface area contributed by atoms with Gasteiger partial charge in [0, 0.05) is 12.7 Å². The highest BCUT2D eigenvalue weighted by molar-refractivity contribution is 6.09. The van der Waals surface area contributed by atoms with Crippen LogP contribution in [0.5, 0.6) is 0 Å². The SMILES string of the molecule is CC.Cc1ccc2c(c1)N(C)C(=O)C21CC1. The van der Waals surface area contributed by atoms with Crippen LogP contribution >= 0.6 is 0 Å². The van der Waals surface area contributed by atoms with Gasteiger partial charge in [0.05, 0.1) is 5.41 Å². The monoisotopic (exact) mass is 217 g/mol. The lowest BCUT2D eigenvalue weighted by Gasteiger charge is -2.10. The summed E-state index contributed by atoms with van der Waals surface area (Å²) in [5.74, 6) is 0.290. The molecule has 16 heavy (non-hydrogen) atoms. The van der Waals surface area contributed by atoms with E-state index in [9.17, 15) is 4.79 Å². The van der Waals surface area contributed by atoms with E-state index in [-0.39, 0.29) is 11.3 Å². The third-order valence-corrected chi connectivity index (χ3v) is 3.49. The Balaban J connectivity index is 0.000000457. The third-order valence-electron chi connectivity index (χ3n) is 3.49. The summed E-state index contributed by atoms with van der Waals surface area (Å²) in [6.07, 6.45) is 2.07. The molecular weight excluding hydrogens is 198 g/mol. The summed E-state index contributed by atoms with van der Waals surface area (Å²) < 4.78 is 0. The topological polar surface area (TPSA) is 20.3 Å². The number of carbonyl (C=O) groups is 1. The van der Waals surface area contributed by atoms with E-state index in [1.54, 1.807) is 0 Å². The summed E-state index contributed by atoms with van der Waals surface area (Å²) in [4.78, 5) is 13.8. The molecule has 0 aromatic heterocycles. The molecule has 1 aliphatic carbocycles. The highest BCUT2D eigenvalue weighted by Crippen LogP contribution is 2.56. The summed E-state index contributed by atoms with van der Waals surface area (Å²) in [5, 5.41) is 0. The fraction of sp³-hybridized carbons (Fsp3) is 0.500. The second kappa shape index (κ2) is 3.62. The first-order valence-electron chi connectivity index (χ1n) is 6.04. The van der Waals surface area contributed by atoms with Crippen LogP contribution in [0.3, 0.4) is 0 Å². The van der Waals surface area contributed by atoms with Crippen LogP contribution < -0.4 is 4.90 Å². The molecule has 0 bridgehead atoms. The Kier molecular flexibility index (Phi) is 2.53. The van der Waals surface area contributed by atoms with Crippen molar-refractivity contribution in [3.05, 3.63) is 29.3 Å².